The second-order valence-corrected chi connectivity index (χ2v) is 10.4. The van der Waals surface area contributed by atoms with Crippen molar-refractivity contribution < 1.29 is 9.47 Å². The molecule has 0 unspecified atom stereocenters. The lowest BCUT2D eigenvalue weighted by molar-refractivity contribution is 0.192. The van der Waals surface area contributed by atoms with Gasteiger partial charge in [0, 0.05) is 0 Å². The minimum Gasteiger partial charge on any atom is -0.501 e. The summed E-state index contributed by atoms with van der Waals surface area (Å²) in [6.07, 6.45) is 5.28. The van der Waals surface area contributed by atoms with Crippen molar-refractivity contribution in [2.24, 2.45) is 0 Å². The van der Waals surface area contributed by atoms with Crippen LogP contribution in [0.5, 0.6) is 0 Å². The molecule has 0 aromatic heterocycles. The van der Waals surface area contributed by atoms with E-state index in [1.165, 1.54) is 0 Å². The van der Waals surface area contributed by atoms with Crippen molar-refractivity contribution in [1.29, 1.82) is 0 Å². The van der Waals surface area contributed by atoms with Crippen LogP contribution >= 0.6 is 0 Å². The Morgan fingerprint density at radius 1 is 1.11 bits per heavy atom. The highest BCUT2D eigenvalue weighted by Crippen LogP contribution is 2.54. The summed E-state index contributed by atoms with van der Waals surface area (Å²) in [5.41, 5.74) is 0. The highest BCUT2D eigenvalue weighted by Gasteiger charge is 2.54. The average molecular weight is 283 g/mol. The Labute approximate surface area is 119 Å². The van der Waals surface area contributed by atoms with E-state index in [4.69, 9.17) is 9.47 Å². The standard InChI is InChI=1S/C15H29NO2Si/c1-8-16(9-2)19(6,7)15(3)13(17-4)11-10-12-14(15)18-5/h11-12H,8-10H2,1-7H3. The van der Waals surface area contributed by atoms with Crippen LogP contribution in [-0.2, 0) is 9.47 Å². The quantitative estimate of drug-likeness (QED) is 0.693. The summed E-state index contributed by atoms with van der Waals surface area (Å²) < 4.78 is 14.0. The van der Waals surface area contributed by atoms with Gasteiger partial charge >= 0.3 is 0 Å². The minimum absolute atomic E-state index is 0.124. The molecular formula is C15H29NO2Si. The SMILES string of the molecule is CCN(CC)[Si](C)(C)C1(C)C(OC)=CCC=C1OC. The molecular weight excluding hydrogens is 254 g/mol. The smallest absolute Gasteiger partial charge is 0.144 e. The van der Waals surface area contributed by atoms with Crippen molar-refractivity contribution in [3.63, 3.8) is 0 Å². The van der Waals surface area contributed by atoms with E-state index in [9.17, 15) is 0 Å². The zero-order valence-electron chi connectivity index (χ0n) is 13.5. The third kappa shape index (κ3) is 2.48. The van der Waals surface area contributed by atoms with Crippen LogP contribution in [0.3, 0.4) is 0 Å². The van der Waals surface area contributed by atoms with E-state index in [-0.39, 0.29) is 5.04 Å². The van der Waals surface area contributed by atoms with Crippen LogP contribution in [0, 0.1) is 0 Å². The average Bonchev–Trinajstić information content (AvgIpc) is 2.39. The highest BCUT2D eigenvalue weighted by atomic mass is 28.3. The molecule has 0 saturated heterocycles. The van der Waals surface area contributed by atoms with Crippen LogP contribution in [0.1, 0.15) is 27.2 Å². The maximum atomic E-state index is 5.71. The topological polar surface area (TPSA) is 21.7 Å². The number of methoxy groups -OCH3 is 2. The lowest BCUT2D eigenvalue weighted by Crippen LogP contribution is -2.58. The van der Waals surface area contributed by atoms with Crippen LogP contribution in [-0.4, -0.2) is 40.1 Å². The van der Waals surface area contributed by atoms with Gasteiger partial charge in [-0.2, -0.15) is 0 Å². The van der Waals surface area contributed by atoms with Crippen LogP contribution in [0.25, 0.3) is 0 Å². The van der Waals surface area contributed by atoms with E-state index in [1.54, 1.807) is 14.2 Å². The van der Waals surface area contributed by atoms with E-state index in [2.05, 4.69) is 50.6 Å². The molecule has 0 heterocycles. The van der Waals surface area contributed by atoms with Crippen molar-refractivity contribution in [3.05, 3.63) is 23.7 Å². The van der Waals surface area contributed by atoms with E-state index >= 15 is 0 Å². The molecule has 0 fully saturated rings. The van der Waals surface area contributed by atoms with Gasteiger partial charge in [0.15, 0.2) is 0 Å². The summed E-state index contributed by atoms with van der Waals surface area (Å²) in [7, 11) is 1.77. The summed E-state index contributed by atoms with van der Waals surface area (Å²) in [5, 5.41) is -0.124. The molecule has 0 aliphatic heterocycles. The normalized spacial score (nSPS) is 18.9. The highest BCUT2D eigenvalue weighted by molar-refractivity contribution is 6.79. The summed E-state index contributed by atoms with van der Waals surface area (Å²) in [6.45, 7) is 13.7. The summed E-state index contributed by atoms with van der Waals surface area (Å²) in [4.78, 5) is 0. The van der Waals surface area contributed by atoms with Gasteiger partial charge in [-0.25, -0.2) is 0 Å². The molecule has 0 N–H and O–H groups in total. The Balaban J connectivity index is 3.32. The van der Waals surface area contributed by atoms with Gasteiger partial charge in [-0.05, 0) is 38.6 Å². The first-order valence-electron chi connectivity index (χ1n) is 7.14. The van der Waals surface area contributed by atoms with Crippen molar-refractivity contribution >= 4 is 8.24 Å². The zero-order valence-corrected chi connectivity index (χ0v) is 14.5. The van der Waals surface area contributed by atoms with Gasteiger partial charge < -0.3 is 14.0 Å². The van der Waals surface area contributed by atoms with Gasteiger partial charge in [-0.3, -0.25) is 0 Å². The number of allylic oxidation sites excluding steroid dienone is 2. The van der Waals surface area contributed by atoms with Crippen molar-refractivity contribution in [2.75, 3.05) is 27.3 Å². The lowest BCUT2D eigenvalue weighted by Gasteiger charge is -2.50. The predicted octanol–water partition coefficient (Wildman–Crippen LogP) is 3.76. The first-order valence-corrected chi connectivity index (χ1v) is 10.1. The Morgan fingerprint density at radius 2 is 1.53 bits per heavy atom. The lowest BCUT2D eigenvalue weighted by atomic mass is 9.99. The Morgan fingerprint density at radius 3 is 1.84 bits per heavy atom. The summed E-state index contributed by atoms with van der Waals surface area (Å²) in [5.74, 6) is 2.13. The van der Waals surface area contributed by atoms with Crippen molar-refractivity contribution in [3.8, 4) is 0 Å². The van der Waals surface area contributed by atoms with Gasteiger partial charge in [0.2, 0.25) is 0 Å². The maximum Gasteiger partial charge on any atom is 0.144 e. The Kier molecular flexibility index (Phi) is 5.27. The number of ether oxygens (including phenoxy) is 2. The fraction of sp³-hybridized carbons (Fsp3) is 0.733. The fourth-order valence-electron chi connectivity index (χ4n) is 3.31. The first-order chi connectivity index (χ1) is 8.89. The van der Waals surface area contributed by atoms with E-state index < -0.39 is 8.24 Å². The van der Waals surface area contributed by atoms with E-state index in [1.807, 2.05) is 0 Å². The molecule has 3 nitrogen and oxygen atoms in total. The number of nitrogens with zero attached hydrogens (tertiary/aromatic N) is 1. The fourth-order valence-corrected chi connectivity index (χ4v) is 7.14. The van der Waals surface area contributed by atoms with Gasteiger partial charge in [-0.15, -0.1) is 0 Å². The third-order valence-electron chi connectivity index (χ3n) is 4.81. The second-order valence-electron chi connectivity index (χ2n) is 5.64. The van der Waals surface area contributed by atoms with Crippen LogP contribution in [0.15, 0.2) is 23.7 Å². The molecule has 1 aliphatic carbocycles. The first kappa shape index (κ1) is 16.3. The van der Waals surface area contributed by atoms with Crippen LogP contribution < -0.4 is 0 Å². The third-order valence-corrected chi connectivity index (χ3v) is 9.96. The largest absolute Gasteiger partial charge is 0.501 e. The molecule has 4 heteroatoms. The molecule has 0 spiro atoms. The van der Waals surface area contributed by atoms with Gasteiger partial charge in [-0.1, -0.05) is 26.9 Å². The van der Waals surface area contributed by atoms with Gasteiger partial charge in [0.05, 0.1) is 19.3 Å². The molecule has 1 aliphatic rings. The van der Waals surface area contributed by atoms with Crippen LogP contribution in [0.2, 0.25) is 18.1 Å². The number of rotatable bonds is 6. The zero-order chi connectivity index (χ0) is 14.7. The molecule has 0 radical (unpaired) electrons. The molecule has 110 valence electrons. The van der Waals surface area contributed by atoms with Crippen molar-refractivity contribution in [2.45, 2.75) is 45.3 Å². The summed E-state index contributed by atoms with van der Waals surface area (Å²) in [6, 6.07) is 0. The van der Waals surface area contributed by atoms with E-state index in [0.29, 0.717) is 0 Å². The maximum absolute atomic E-state index is 5.71. The second kappa shape index (κ2) is 6.14. The van der Waals surface area contributed by atoms with Crippen LogP contribution in [0.4, 0.5) is 0 Å². The van der Waals surface area contributed by atoms with E-state index in [0.717, 1.165) is 31.0 Å². The molecule has 1 rings (SSSR count). The monoisotopic (exact) mass is 283 g/mol. The molecule has 0 saturated carbocycles. The molecule has 0 amide bonds. The van der Waals surface area contributed by atoms with Gasteiger partial charge in [0.1, 0.15) is 19.8 Å². The predicted molar refractivity (Wildman–Crippen MR) is 83.6 cm³/mol. The Bertz CT molecular complexity index is 350. The molecule has 19 heavy (non-hydrogen) atoms. The molecule has 0 atom stereocenters. The van der Waals surface area contributed by atoms with Crippen molar-refractivity contribution in [1.82, 2.24) is 4.57 Å². The van der Waals surface area contributed by atoms with Gasteiger partial charge in [0.25, 0.3) is 0 Å². The molecule has 0 aromatic rings. The molecule has 0 aromatic carbocycles. The Hall–Kier alpha value is -0.743. The number of hydrogen-bond acceptors (Lipinski definition) is 3. The molecule has 0 bridgehead atoms. The minimum atomic E-state index is -1.78. The number of hydrogen-bond donors (Lipinski definition) is 0. The summed E-state index contributed by atoms with van der Waals surface area (Å²) >= 11 is 0.